The second kappa shape index (κ2) is 5.73. The van der Waals surface area contributed by atoms with Crippen LogP contribution in [0.25, 0.3) is 0 Å². The summed E-state index contributed by atoms with van der Waals surface area (Å²) in [7, 11) is 0. The lowest BCUT2D eigenvalue weighted by Gasteiger charge is -2.59. The van der Waals surface area contributed by atoms with Crippen LogP contribution in [0.3, 0.4) is 0 Å². The van der Waals surface area contributed by atoms with E-state index in [1.165, 1.54) is 0 Å². The highest BCUT2D eigenvalue weighted by molar-refractivity contribution is 6.23. The number of aldehydes is 1. The molecular weight excluding hydrogens is 362 g/mol. The van der Waals surface area contributed by atoms with Gasteiger partial charge in [0.1, 0.15) is 12.3 Å². The fourth-order valence-corrected chi connectivity index (χ4v) is 5.01. The Labute approximate surface area is 160 Å². The minimum absolute atomic E-state index is 0.104. The van der Waals surface area contributed by atoms with E-state index in [4.69, 9.17) is 0 Å². The first-order chi connectivity index (χ1) is 13.4. The van der Waals surface area contributed by atoms with Crippen molar-refractivity contribution in [3.05, 3.63) is 29.3 Å². The molecule has 1 aliphatic carbocycles. The molecule has 1 unspecified atom stereocenters. The summed E-state index contributed by atoms with van der Waals surface area (Å²) in [4.78, 5) is 63.0. The van der Waals surface area contributed by atoms with Crippen molar-refractivity contribution >= 4 is 35.6 Å². The van der Waals surface area contributed by atoms with Gasteiger partial charge in [0.15, 0.2) is 0 Å². The van der Waals surface area contributed by atoms with Crippen LogP contribution >= 0.6 is 0 Å². The summed E-state index contributed by atoms with van der Waals surface area (Å²) in [5, 5.41) is 2.20. The maximum atomic E-state index is 12.9. The van der Waals surface area contributed by atoms with Crippen molar-refractivity contribution < 1.29 is 24.0 Å². The number of amides is 4. The topological polar surface area (TPSA) is 104 Å². The number of hydrogen-bond acceptors (Lipinski definition) is 6. The van der Waals surface area contributed by atoms with Crippen molar-refractivity contribution in [1.82, 2.24) is 10.2 Å². The number of piperidine rings is 1. The average Bonchev–Trinajstić information content (AvgIpc) is 2.84. The lowest BCUT2D eigenvalue weighted by Crippen LogP contribution is -2.62. The van der Waals surface area contributed by atoms with Crippen molar-refractivity contribution in [2.24, 2.45) is 11.3 Å². The zero-order valence-electron chi connectivity index (χ0n) is 15.1. The van der Waals surface area contributed by atoms with Gasteiger partial charge >= 0.3 is 0 Å². The number of nitrogens with zero attached hydrogens (tertiary/aromatic N) is 2. The summed E-state index contributed by atoms with van der Waals surface area (Å²) in [6.45, 7) is 1.68. The summed E-state index contributed by atoms with van der Waals surface area (Å²) in [6, 6.07) is 4.22. The standard InChI is InChI=1S/C20H19N3O5/c24-8-11-6-20(7-11)9-22(10-20)12-1-2-13-14(5-12)19(28)23(18(13)27)15-3-4-16(25)21-17(15)26/h1-2,5,8,11,15H,3-4,6-7,9-10H2,(H,21,25,26). The highest BCUT2D eigenvalue weighted by Gasteiger charge is 2.52. The van der Waals surface area contributed by atoms with Gasteiger partial charge in [0.05, 0.1) is 11.1 Å². The highest BCUT2D eigenvalue weighted by atomic mass is 16.2. The molecule has 1 aromatic rings. The van der Waals surface area contributed by atoms with E-state index >= 15 is 0 Å². The molecule has 3 fully saturated rings. The average molecular weight is 381 g/mol. The Morgan fingerprint density at radius 1 is 1.04 bits per heavy atom. The molecule has 3 aliphatic heterocycles. The number of hydrogen-bond donors (Lipinski definition) is 1. The Morgan fingerprint density at radius 2 is 1.75 bits per heavy atom. The van der Waals surface area contributed by atoms with Crippen LogP contribution in [-0.4, -0.2) is 53.9 Å². The van der Waals surface area contributed by atoms with E-state index < -0.39 is 23.8 Å². The van der Waals surface area contributed by atoms with Crippen molar-refractivity contribution in [3.63, 3.8) is 0 Å². The minimum Gasteiger partial charge on any atom is -0.370 e. The molecule has 144 valence electrons. The molecule has 8 heteroatoms. The molecule has 1 N–H and O–H groups in total. The van der Waals surface area contributed by atoms with Gasteiger partial charge in [0, 0.05) is 36.5 Å². The summed E-state index contributed by atoms with van der Waals surface area (Å²) < 4.78 is 0. The number of imide groups is 2. The van der Waals surface area contributed by atoms with Crippen molar-refractivity contribution in [3.8, 4) is 0 Å². The molecule has 1 aromatic carbocycles. The smallest absolute Gasteiger partial charge is 0.262 e. The van der Waals surface area contributed by atoms with Crippen LogP contribution < -0.4 is 10.2 Å². The first-order valence-electron chi connectivity index (χ1n) is 9.47. The third-order valence-corrected chi connectivity index (χ3v) is 6.42. The number of nitrogens with one attached hydrogen (secondary N) is 1. The van der Waals surface area contributed by atoms with Gasteiger partial charge in [0.25, 0.3) is 11.8 Å². The van der Waals surface area contributed by atoms with E-state index in [2.05, 4.69) is 10.2 Å². The number of fused-ring (bicyclic) bond motifs is 1. The summed E-state index contributed by atoms with van der Waals surface area (Å²) >= 11 is 0. The number of carbonyl (C=O) groups is 5. The van der Waals surface area contributed by atoms with Crippen LogP contribution in [0.4, 0.5) is 5.69 Å². The summed E-state index contributed by atoms with van der Waals surface area (Å²) in [5.41, 5.74) is 1.67. The van der Waals surface area contributed by atoms with E-state index in [1.54, 1.807) is 12.1 Å². The molecule has 2 saturated heterocycles. The second-order valence-electron chi connectivity index (χ2n) is 8.34. The van der Waals surface area contributed by atoms with Gasteiger partial charge in [-0.15, -0.1) is 0 Å². The molecule has 0 aromatic heterocycles. The van der Waals surface area contributed by atoms with Gasteiger partial charge in [0.2, 0.25) is 11.8 Å². The maximum Gasteiger partial charge on any atom is 0.262 e. The quantitative estimate of drug-likeness (QED) is 0.604. The second-order valence-corrected chi connectivity index (χ2v) is 8.34. The minimum atomic E-state index is -0.948. The fourth-order valence-electron chi connectivity index (χ4n) is 5.01. The number of carbonyl (C=O) groups excluding carboxylic acids is 5. The normalized spacial score (nSPS) is 26.1. The van der Waals surface area contributed by atoms with Crippen LogP contribution in [-0.2, 0) is 14.4 Å². The molecule has 1 atom stereocenters. The van der Waals surface area contributed by atoms with Crippen LogP contribution in [0.1, 0.15) is 46.4 Å². The molecule has 28 heavy (non-hydrogen) atoms. The predicted octanol–water partition coefficient (Wildman–Crippen LogP) is 0.503. The molecule has 3 heterocycles. The zero-order valence-corrected chi connectivity index (χ0v) is 15.1. The number of anilines is 1. The first kappa shape index (κ1) is 17.1. The van der Waals surface area contributed by atoms with Gasteiger partial charge < -0.3 is 9.69 Å². The van der Waals surface area contributed by atoms with E-state index in [0.717, 1.165) is 42.8 Å². The monoisotopic (exact) mass is 381 g/mol. The molecule has 1 saturated carbocycles. The van der Waals surface area contributed by atoms with Crippen LogP contribution in [0, 0.1) is 11.3 Å². The summed E-state index contributed by atoms with van der Waals surface area (Å²) in [5.74, 6) is -1.81. The largest absolute Gasteiger partial charge is 0.370 e. The fraction of sp³-hybridized carbons (Fsp3) is 0.450. The van der Waals surface area contributed by atoms with Gasteiger partial charge in [-0.3, -0.25) is 29.4 Å². The van der Waals surface area contributed by atoms with Crippen molar-refractivity contribution in [1.29, 1.82) is 0 Å². The Balaban J connectivity index is 1.35. The molecule has 8 nitrogen and oxygen atoms in total. The lowest BCUT2D eigenvalue weighted by atomic mass is 9.58. The molecule has 1 spiro atoms. The number of benzene rings is 1. The van der Waals surface area contributed by atoms with Gasteiger partial charge in [-0.2, -0.15) is 0 Å². The molecule has 0 bridgehead atoms. The van der Waals surface area contributed by atoms with Crippen LogP contribution in [0.15, 0.2) is 18.2 Å². The SMILES string of the molecule is O=CC1CC2(C1)CN(c1ccc3c(c1)C(=O)N(C1CCC(=O)NC1=O)C3=O)C2. The third-order valence-electron chi connectivity index (χ3n) is 6.42. The summed E-state index contributed by atoms with van der Waals surface area (Å²) in [6.07, 6.45) is 3.11. The molecule has 5 rings (SSSR count). The molecular formula is C20H19N3O5. The Kier molecular flexibility index (Phi) is 3.50. The van der Waals surface area contributed by atoms with Gasteiger partial charge in [-0.05, 0) is 37.5 Å². The third kappa shape index (κ3) is 2.33. The van der Waals surface area contributed by atoms with E-state index in [1.807, 2.05) is 6.07 Å². The highest BCUT2D eigenvalue weighted by Crippen LogP contribution is 2.52. The maximum absolute atomic E-state index is 12.9. The van der Waals surface area contributed by atoms with Crippen molar-refractivity contribution in [2.45, 2.75) is 31.7 Å². The number of rotatable bonds is 3. The Morgan fingerprint density at radius 3 is 2.43 bits per heavy atom. The van der Waals surface area contributed by atoms with E-state index in [-0.39, 0.29) is 30.1 Å². The van der Waals surface area contributed by atoms with Crippen LogP contribution in [0.5, 0.6) is 0 Å². The molecule has 4 aliphatic rings. The Hall–Kier alpha value is -3.03. The zero-order chi connectivity index (χ0) is 19.6. The van der Waals surface area contributed by atoms with Crippen molar-refractivity contribution in [2.75, 3.05) is 18.0 Å². The Bertz CT molecular complexity index is 941. The molecule has 4 amide bonds. The van der Waals surface area contributed by atoms with Gasteiger partial charge in [-0.25, -0.2) is 0 Å². The lowest BCUT2D eigenvalue weighted by molar-refractivity contribution is -0.136. The van der Waals surface area contributed by atoms with E-state index in [9.17, 15) is 24.0 Å². The van der Waals surface area contributed by atoms with E-state index in [0.29, 0.717) is 11.1 Å². The predicted molar refractivity (Wildman–Crippen MR) is 96.5 cm³/mol. The van der Waals surface area contributed by atoms with Crippen LogP contribution in [0.2, 0.25) is 0 Å². The first-order valence-corrected chi connectivity index (χ1v) is 9.47. The molecule has 0 radical (unpaired) electrons. The van der Waals surface area contributed by atoms with Gasteiger partial charge in [-0.1, -0.05) is 0 Å².